The number of aryl methyl sites for hydroxylation is 2. The van der Waals surface area contributed by atoms with Crippen molar-refractivity contribution in [3.8, 4) is 11.4 Å². The number of hydrogen-bond donors (Lipinski definition) is 1. The van der Waals surface area contributed by atoms with Gasteiger partial charge in [-0.25, -0.2) is 0 Å². The van der Waals surface area contributed by atoms with Gasteiger partial charge >= 0.3 is 0 Å². The molecule has 0 aliphatic carbocycles. The number of benzene rings is 3. The summed E-state index contributed by atoms with van der Waals surface area (Å²) in [6.45, 7) is 4.28. The fourth-order valence-electron chi connectivity index (χ4n) is 4.10. The second-order valence-electron chi connectivity index (χ2n) is 8.39. The standard InChI is InChI=1S/C27H24N4O3S/c1-17-7-6-8-18(2)26(17)34-15-24-29-30-27(31(24)21-9-4-3-5-10-21)35-16-23(32)19-11-12-22-20(13-19)14-25(33)28-22/h3-13H,14-16H2,1-2H3,(H,28,33). The first-order valence-electron chi connectivity index (χ1n) is 11.3. The number of amides is 1. The van der Waals surface area contributed by atoms with Gasteiger partial charge in [-0.3, -0.25) is 14.2 Å². The number of Topliss-reactive ketones (excluding diaryl/α,β-unsaturated/α-hetero) is 1. The summed E-state index contributed by atoms with van der Waals surface area (Å²) < 4.78 is 8.07. The van der Waals surface area contributed by atoms with Crippen molar-refractivity contribution in [1.29, 1.82) is 0 Å². The summed E-state index contributed by atoms with van der Waals surface area (Å²) in [6, 6.07) is 21.2. The van der Waals surface area contributed by atoms with Crippen LogP contribution in [0.25, 0.3) is 5.69 Å². The lowest BCUT2D eigenvalue weighted by atomic mass is 10.1. The van der Waals surface area contributed by atoms with Crippen LogP contribution in [-0.4, -0.2) is 32.2 Å². The molecule has 1 aliphatic rings. The predicted molar refractivity (Wildman–Crippen MR) is 135 cm³/mol. The van der Waals surface area contributed by atoms with Gasteiger partial charge in [0.05, 0.1) is 12.2 Å². The summed E-state index contributed by atoms with van der Waals surface area (Å²) in [4.78, 5) is 24.6. The number of hydrogen-bond acceptors (Lipinski definition) is 6. The highest BCUT2D eigenvalue weighted by molar-refractivity contribution is 7.99. The van der Waals surface area contributed by atoms with E-state index in [1.54, 1.807) is 18.2 Å². The normalized spacial score (nSPS) is 12.3. The molecule has 5 rings (SSSR count). The van der Waals surface area contributed by atoms with Gasteiger partial charge in [-0.2, -0.15) is 0 Å². The van der Waals surface area contributed by atoms with Crippen LogP contribution in [0.1, 0.15) is 32.9 Å². The molecule has 1 N–H and O–H groups in total. The molecule has 3 aromatic carbocycles. The molecule has 0 unspecified atom stereocenters. The summed E-state index contributed by atoms with van der Waals surface area (Å²) >= 11 is 1.33. The van der Waals surface area contributed by atoms with Crippen LogP contribution < -0.4 is 10.1 Å². The molecule has 0 saturated carbocycles. The smallest absolute Gasteiger partial charge is 0.228 e. The maximum Gasteiger partial charge on any atom is 0.228 e. The van der Waals surface area contributed by atoms with E-state index < -0.39 is 0 Å². The van der Waals surface area contributed by atoms with Gasteiger partial charge < -0.3 is 10.1 Å². The van der Waals surface area contributed by atoms with E-state index >= 15 is 0 Å². The van der Waals surface area contributed by atoms with Gasteiger partial charge in [-0.05, 0) is 60.9 Å². The highest BCUT2D eigenvalue weighted by atomic mass is 32.2. The van der Waals surface area contributed by atoms with Gasteiger partial charge in [0, 0.05) is 16.9 Å². The van der Waals surface area contributed by atoms with Gasteiger partial charge in [0.1, 0.15) is 12.4 Å². The SMILES string of the molecule is Cc1cccc(C)c1OCc1nnc(SCC(=O)c2ccc3c(c2)CC(=O)N3)n1-c1ccccc1. The Morgan fingerprint density at radius 1 is 1.03 bits per heavy atom. The lowest BCUT2D eigenvalue weighted by molar-refractivity contribution is -0.115. The van der Waals surface area contributed by atoms with E-state index in [1.807, 2.05) is 66.9 Å². The number of fused-ring (bicyclic) bond motifs is 1. The van der Waals surface area contributed by atoms with Crippen LogP contribution in [0.4, 0.5) is 5.69 Å². The number of carbonyl (C=O) groups excluding carboxylic acids is 2. The van der Waals surface area contributed by atoms with Gasteiger partial charge in [0.15, 0.2) is 16.8 Å². The van der Waals surface area contributed by atoms with Crippen LogP contribution >= 0.6 is 11.8 Å². The minimum Gasteiger partial charge on any atom is -0.485 e. The molecule has 1 amide bonds. The Hall–Kier alpha value is -3.91. The van der Waals surface area contributed by atoms with Crippen molar-refractivity contribution in [2.45, 2.75) is 32.0 Å². The zero-order valence-corrected chi connectivity index (χ0v) is 20.3. The average molecular weight is 485 g/mol. The number of nitrogens with zero attached hydrogens (tertiary/aromatic N) is 3. The van der Waals surface area contributed by atoms with Crippen molar-refractivity contribution < 1.29 is 14.3 Å². The number of anilines is 1. The molecular formula is C27H24N4O3S. The van der Waals surface area contributed by atoms with Gasteiger partial charge in [0.25, 0.3) is 0 Å². The van der Waals surface area contributed by atoms with Crippen LogP contribution in [0.2, 0.25) is 0 Å². The van der Waals surface area contributed by atoms with Crippen LogP contribution in [-0.2, 0) is 17.8 Å². The Balaban J connectivity index is 1.36. The molecule has 0 spiro atoms. The summed E-state index contributed by atoms with van der Waals surface area (Å²) in [7, 11) is 0. The van der Waals surface area contributed by atoms with Crippen molar-refractivity contribution in [3.05, 3.63) is 94.8 Å². The average Bonchev–Trinajstić information content (AvgIpc) is 3.44. The van der Waals surface area contributed by atoms with Crippen LogP contribution in [0.15, 0.2) is 71.9 Å². The summed E-state index contributed by atoms with van der Waals surface area (Å²) in [5.41, 5.74) is 5.22. The van der Waals surface area contributed by atoms with E-state index in [0.717, 1.165) is 33.8 Å². The van der Waals surface area contributed by atoms with Crippen LogP contribution in [0.3, 0.4) is 0 Å². The molecule has 4 aromatic rings. The molecule has 35 heavy (non-hydrogen) atoms. The van der Waals surface area contributed by atoms with Crippen molar-refractivity contribution in [2.75, 3.05) is 11.1 Å². The zero-order valence-electron chi connectivity index (χ0n) is 19.4. The topological polar surface area (TPSA) is 86.1 Å². The molecular weight excluding hydrogens is 460 g/mol. The zero-order chi connectivity index (χ0) is 24.4. The van der Waals surface area contributed by atoms with Crippen LogP contribution in [0.5, 0.6) is 5.75 Å². The molecule has 7 nitrogen and oxygen atoms in total. The minimum absolute atomic E-state index is 0.0342. The highest BCUT2D eigenvalue weighted by Crippen LogP contribution is 2.28. The Kier molecular flexibility index (Phi) is 6.37. The molecule has 176 valence electrons. The molecule has 0 saturated heterocycles. The Bertz CT molecular complexity index is 1400. The van der Waals surface area contributed by atoms with E-state index in [-0.39, 0.29) is 24.1 Å². The third kappa shape index (κ3) is 4.83. The lowest BCUT2D eigenvalue weighted by Crippen LogP contribution is -2.09. The van der Waals surface area contributed by atoms with Gasteiger partial charge in [0.2, 0.25) is 5.91 Å². The van der Waals surface area contributed by atoms with E-state index in [4.69, 9.17) is 4.74 Å². The van der Waals surface area contributed by atoms with Gasteiger partial charge in [-0.15, -0.1) is 10.2 Å². The van der Waals surface area contributed by atoms with Crippen molar-refractivity contribution in [2.24, 2.45) is 0 Å². The number of para-hydroxylation sites is 2. The largest absolute Gasteiger partial charge is 0.485 e. The number of carbonyl (C=O) groups is 2. The number of ether oxygens (including phenoxy) is 1. The van der Waals surface area contributed by atoms with E-state index in [2.05, 4.69) is 15.5 Å². The number of thioether (sulfide) groups is 1. The Morgan fingerprint density at radius 2 is 1.80 bits per heavy atom. The molecule has 0 radical (unpaired) electrons. The molecule has 0 fully saturated rings. The quantitative estimate of drug-likeness (QED) is 0.282. The number of nitrogens with one attached hydrogen (secondary N) is 1. The molecule has 1 aliphatic heterocycles. The lowest BCUT2D eigenvalue weighted by Gasteiger charge is -2.13. The molecule has 1 aromatic heterocycles. The summed E-state index contributed by atoms with van der Waals surface area (Å²) in [5, 5.41) is 12.2. The summed E-state index contributed by atoms with van der Waals surface area (Å²) in [6.07, 6.45) is 0.301. The second kappa shape index (κ2) is 9.76. The third-order valence-electron chi connectivity index (χ3n) is 5.85. The van der Waals surface area contributed by atoms with Crippen LogP contribution in [0, 0.1) is 13.8 Å². The number of aromatic nitrogens is 3. The Morgan fingerprint density at radius 3 is 2.57 bits per heavy atom. The first-order valence-corrected chi connectivity index (χ1v) is 12.3. The maximum atomic E-state index is 12.9. The van der Waals surface area contributed by atoms with Crippen molar-refractivity contribution in [3.63, 3.8) is 0 Å². The first-order chi connectivity index (χ1) is 17.0. The number of rotatable bonds is 8. The summed E-state index contributed by atoms with van der Waals surface area (Å²) in [5.74, 6) is 1.60. The van der Waals surface area contributed by atoms with E-state index in [0.29, 0.717) is 23.0 Å². The first kappa shape index (κ1) is 22.9. The highest BCUT2D eigenvalue weighted by Gasteiger charge is 2.21. The monoisotopic (exact) mass is 484 g/mol. The Labute approximate surface area is 207 Å². The fourth-order valence-corrected chi connectivity index (χ4v) is 4.97. The van der Waals surface area contributed by atoms with Crippen molar-refractivity contribution in [1.82, 2.24) is 14.8 Å². The fraction of sp³-hybridized carbons (Fsp3) is 0.185. The minimum atomic E-state index is -0.0504. The van der Waals surface area contributed by atoms with Gasteiger partial charge in [-0.1, -0.05) is 48.2 Å². The molecule has 0 atom stereocenters. The number of ketones is 1. The van der Waals surface area contributed by atoms with Crippen molar-refractivity contribution >= 4 is 29.1 Å². The van der Waals surface area contributed by atoms with E-state index in [9.17, 15) is 9.59 Å². The predicted octanol–water partition coefficient (Wildman–Crippen LogP) is 4.93. The third-order valence-corrected chi connectivity index (χ3v) is 6.78. The second-order valence-corrected chi connectivity index (χ2v) is 9.33. The molecule has 8 heteroatoms. The van der Waals surface area contributed by atoms with E-state index in [1.165, 1.54) is 11.8 Å². The maximum absolute atomic E-state index is 12.9. The molecule has 0 bridgehead atoms. The molecule has 2 heterocycles.